The van der Waals surface area contributed by atoms with E-state index >= 15 is 0 Å². The quantitative estimate of drug-likeness (QED) is 0.848. The summed E-state index contributed by atoms with van der Waals surface area (Å²) in [6.07, 6.45) is 1.33. The molecule has 2 aliphatic heterocycles. The first-order chi connectivity index (χ1) is 9.63. The zero-order valence-corrected chi connectivity index (χ0v) is 13.7. The van der Waals surface area contributed by atoms with Crippen LogP contribution < -0.4 is 0 Å². The standard InChI is InChI=1S/C16H26N2OS/c1-13-4-7-20-15(13)9-18-6-5-16(12-18)11-17(2)8-14(16)10-19-3/h4,7,14H,5-6,8-12H2,1-3H3/t14-,16+/m0/s1. The summed E-state index contributed by atoms with van der Waals surface area (Å²) in [4.78, 5) is 6.68. The van der Waals surface area contributed by atoms with Crippen LogP contribution in [0.1, 0.15) is 16.9 Å². The Labute approximate surface area is 126 Å². The predicted octanol–water partition coefficient (Wildman–Crippen LogP) is 2.46. The molecule has 0 N–H and O–H groups in total. The first kappa shape index (κ1) is 14.5. The van der Waals surface area contributed by atoms with E-state index < -0.39 is 0 Å². The fourth-order valence-corrected chi connectivity index (χ4v) is 5.03. The molecule has 2 fully saturated rings. The summed E-state index contributed by atoms with van der Waals surface area (Å²) >= 11 is 1.90. The summed E-state index contributed by atoms with van der Waals surface area (Å²) in [5, 5.41) is 2.22. The molecular weight excluding hydrogens is 268 g/mol. The van der Waals surface area contributed by atoms with E-state index in [-0.39, 0.29) is 0 Å². The van der Waals surface area contributed by atoms with Crippen molar-refractivity contribution >= 4 is 11.3 Å². The van der Waals surface area contributed by atoms with Crippen LogP contribution in [0.5, 0.6) is 0 Å². The van der Waals surface area contributed by atoms with Gasteiger partial charge in [-0.3, -0.25) is 4.90 Å². The van der Waals surface area contributed by atoms with Crippen LogP contribution in [0.2, 0.25) is 0 Å². The van der Waals surface area contributed by atoms with E-state index in [1.54, 1.807) is 0 Å². The van der Waals surface area contributed by atoms with Gasteiger partial charge in [0.05, 0.1) is 6.61 Å². The third-order valence-electron chi connectivity index (χ3n) is 5.15. The second-order valence-electron chi connectivity index (χ2n) is 6.70. The van der Waals surface area contributed by atoms with Gasteiger partial charge in [-0.1, -0.05) is 0 Å². The molecule has 0 aliphatic carbocycles. The van der Waals surface area contributed by atoms with E-state index in [9.17, 15) is 0 Å². The van der Waals surface area contributed by atoms with E-state index in [1.165, 1.54) is 43.0 Å². The highest BCUT2D eigenvalue weighted by Gasteiger charge is 2.49. The second-order valence-corrected chi connectivity index (χ2v) is 7.70. The lowest BCUT2D eigenvalue weighted by molar-refractivity contribution is 0.0959. The molecule has 3 heterocycles. The van der Waals surface area contributed by atoms with Gasteiger partial charge in [0.2, 0.25) is 0 Å². The SMILES string of the molecule is COC[C@@H]1CN(C)C[C@@]12CCN(Cc1sccc1C)C2. The Bertz CT molecular complexity index is 461. The summed E-state index contributed by atoms with van der Waals surface area (Å²) in [7, 11) is 4.09. The molecular formula is C16H26N2OS. The molecule has 0 unspecified atom stereocenters. The maximum Gasteiger partial charge on any atom is 0.0509 e. The molecule has 4 heteroatoms. The fourth-order valence-electron chi connectivity index (χ4n) is 4.08. The van der Waals surface area contributed by atoms with Crippen molar-refractivity contribution in [1.29, 1.82) is 0 Å². The highest BCUT2D eigenvalue weighted by molar-refractivity contribution is 7.10. The van der Waals surface area contributed by atoms with Crippen LogP contribution in [0.4, 0.5) is 0 Å². The van der Waals surface area contributed by atoms with Gasteiger partial charge in [-0.2, -0.15) is 0 Å². The van der Waals surface area contributed by atoms with Crippen molar-refractivity contribution in [2.75, 3.05) is 46.9 Å². The van der Waals surface area contributed by atoms with Crippen LogP contribution in [0.3, 0.4) is 0 Å². The Kier molecular flexibility index (Phi) is 4.18. The van der Waals surface area contributed by atoms with Crippen LogP contribution in [0.25, 0.3) is 0 Å². The molecule has 2 saturated heterocycles. The zero-order valence-electron chi connectivity index (χ0n) is 12.9. The average Bonchev–Trinajstić information content (AvgIpc) is 3.05. The molecule has 0 amide bonds. The third-order valence-corrected chi connectivity index (χ3v) is 6.16. The Hall–Kier alpha value is -0.420. The number of hydrogen-bond acceptors (Lipinski definition) is 4. The Morgan fingerprint density at radius 2 is 2.30 bits per heavy atom. The molecule has 2 atom stereocenters. The highest BCUT2D eigenvalue weighted by Crippen LogP contribution is 2.44. The van der Waals surface area contributed by atoms with Crippen LogP contribution in [0, 0.1) is 18.3 Å². The molecule has 1 aromatic heterocycles. The van der Waals surface area contributed by atoms with E-state index in [1.807, 2.05) is 18.4 Å². The highest BCUT2D eigenvalue weighted by atomic mass is 32.1. The van der Waals surface area contributed by atoms with Gasteiger partial charge in [-0.25, -0.2) is 0 Å². The number of thiophene rings is 1. The number of aryl methyl sites for hydroxylation is 1. The lowest BCUT2D eigenvalue weighted by Gasteiger charge is -2.30. The summed E-state index contributed by atoms with van der Waals surface area (Å²) in [6, 6.07) is 2.24. The van der Waals surface area contributed by atoms with Gasteiger partial charge >= 0.3 is 0 Å². The average molecular weight is 294 g/mol. The van der Waals surface area contributed by atoms with E-state index in [2.05, 4.69) is 35.2 Å². The zero-order chi connectivity index (χ0) is 14.2. The van der Waals surface area contributed by atoms with Crippen LogP contribution in [0.15, 0.2) is 11.4 Å². The number of rotatable bonds is 4. The van der Waals surface area contributed by atoms with E-state index in [0.717, 1.165) is 13.2 Å². The van der Waals surface area contributed by atoms with Crippen molar-refractivity contribution in [3.8, 4) is 0 Å². The summed E-state index contributed by atoms with van der Waals surface area (Å²) in [5.74, 6) is 0.701. The lowest BCUT2D eigenvalue weighted by atomic mass is 9.78. The molecule has 0 radical (unpaired) electrons. The van der Waals surface area contributed by atoms with Gasteiger partial charge < -0.3 is 9.64 Å². The second kappa shape index (κ2) is 5.76. The van der Waals surface area contributed by atoms with Gasteiger partial charge in [-0.05, 0) is 43.9 Å². The molecule has 1 aromatic rings. The van der Waals surface area contributed by atoms with Gasteiger partial charge in [-0.15, -0.1) is 11.3 Å². The lowest BCUT2D eigenvalue weighted by Crippen LogP contribution is -2.35. The van der Waals surface area contributed by atoms with Gasteiger partial charge in [0.25, 0.3) is 0 Å². The Balaban J connectivity index is 1.67. The van der Waals surface area contributed by atoms with Gasteiger partial charge in [0, 0.05) is 49.5 Å². The van der Waals surface area contributed by atoms with Gasteiger partial charge in [0.15, 0.2) is 0 Å². The Morgan fingerprint density at radius 1 is 1.45 bits per heavy atom. The first-order valence-corrected chi connectivity index (χ1v) is 8.44. The number of methoxy groups -OCH3 is 1. The summed E-state index contributed by atoms with van der Waals surface area (Å²) in [5.41, 5.74) is 1.92. The molecule has 2 aliphatic rings. The maximum atomic E-state index is 5.48. The molecule has 3 nitrogen and oxygen atoms in total. The monoisotopic (exact) mass is 294 g/mol. The fraction of sp³-hybridized carbons (Fsp3) is 0.750. The van der Waals surface area contributed by atoms with Crippen molar-refractivity contribution in [3.05, 3.63) is 21.9 Å². The van der Waals surface area contributed by atoms with Crippen molar-refractivity contribution in [2.24, 2.45) is 11.3 Å². The molecule has 1 spiro atoms. The molecule has 0 bridgehead atoms. The minimum atomic E-state index is 0.468. The minimum absolute atomic E-state index is 0.468. The molecule has 0 aromatic carbocycles. The molecule has 0 saturated carbocycles. The van der Waals surface area contributed by atoms with Crippen LogP contribution in [-0.4, -0.2) is 56.7 Å². The molecule has 3 rings (SSSR count). The summed E-state index contributed by atoms with van der Waals surface area (Å²) < 4.78 is 5.48. The van der Waals surface area contributed by atoms with Crippen molar-refractivity contribution in [1.82, 2.24) is 9.80 Å². The van der Waals surface area contributed by atoms with Crippen molar-refractivity contribution in [3.63, 3.8) is 0 Å². The van der Waals surface area contributed by atoms with E-state index in [0.29, 0.717) is 11.3 Å². The smallest absolute Gasteiger partial charge is 0.0509 e. The van der Waals surface area contributed by atoms with Crippen molar-refractivity contribution < 1.29 is 4.74 Å². The number of hydrogen-bond donors (Lipinski definition) is 0. The minimum Gasteiger partial charge on any atom is -0.384 e. The number of ether oxygens (including phenoxy) is 1. The third kappa shape index (κ3) is 2.67. The molecule has 112 valence electrons. The topological polar surface area (TPSA) is 15.7 Å². The molecule has 20 heavy (non-hydrogen) atoms. The van der Waals surface area contributed by atoms with Gasteiger partial charge in [0.1, 0.15) is 0 Å². The van der Waals surface area contributed by atoms with Crippen LogP contribution >= 0.6 is 11.3 Å². The first-order valence-electron chi connectivity index (χ1n) is 7.56. The maximum absolute atomic E-state index is 5.48. The largest absolute Gasteiger partial charge is 0.384 e. The van der Waals surface area contributed by atoms with E-state index in [4.69, 9.17) is 4.74 Å². The van der Waals surface area contributed by atoms with Crippen molar-refractivity contribution in [2.45, 2.75) is 19.9 Å². The predicted molar refractivity (Wildman–Crippen MR) is 84.2 cm³/mol. The van der Waals surface area contributed by atoms with Crippen LogP contribution in [-0.2, 0) is 11.3 Å². The number of likely N-dealkylation sites (tertiary alicyclic amines) is 2. The number of nitrogens with zero attached hydrogens (tertiary/aromatic N) is 2. The normalized spacial score (nSPS) is 31.6. The summed E-state index contributed by atoms with van der Waals surface area (Å²) in [6.45, 7) is 9.19. The Morgan fingerprint density at radius 3 is 3.00 bits per heavy atom.